The molecule has 0 bridgehead atoms. The van der Waals surface area contributed by atoms with E-state index in [4.69, 9.17) is 0 Å². The minimum atomic E-state index is 1.13. The Kier molecular flexibility index (Phi) is 5.33. The Balaban J connectivity index is 1.42. The summed E-state index contributed by atoms with van der Waals surface area (Å²) < 4.78 is 3.54. The lowest BCUT2D eigenvalue weighted by atomic mass is 10.2. The number of piperazine rings is 1. The number of nitrogens with zero attached hydrogens (tertiary/aromatic N) is 2. The van der Waals surface area contributed by atoms with Crippen LogP contribution in [0.15, 0.2) is 34.9 Å². The molecule has 1 saturated heterocycles. The molecule has 114 valence electrons. The summed E-state index contributed by atoms with van der Waals surface area (Å²) in [6.45, 7) is 7.15. The predicted molar refractivity (Wildman–Crippen MR) is 92.8 cm³/mol. The molecule has 0 aliphatic carbocycles. The van der Waals surface area contributed by atoms with Gasteiger partial charge >= 0.3 is 0 Å². The first-order chi connectivity index (χ1) is 10.3. The molecule has 2 aromatic rings. The summed E-state index contributed by atoms with van der Waals surface area (Å²) in [6, 6.07) is 8.74. The van der Waals surface area contributed by atoms with E-state index in [-0.39, 0.29) is 0 Å². The first-order valence-corrected chi connectivity index (χ1v) is 8.80. The minimum absolute atomic E-state index is 1.13. The second-order valence-corrected chi connectivity index (χ2v) is 6.78. The highest BCUT2D eigenvalue weighted by Gasteiger charge is 2.08. The Bertz CT molecular complexity index is 572. The van der Waals surface area contributed by atoms with Crippen LogP contribution in [0.25, 0.3) is 10.9 Å². The van der Waals surface area contributed by atoms with Crippen LogP contribution in [0.5, 0.6) is 0 Å². The van der Waals surface area contributed by atoms with Gasteiger partial charge in [0.2, 0.25) is 0 Å². The first-order valence-electron chi connectivity index (χ1n) is 8.00. The molecule has 1 aliphatic rings. The van der Waals surface area contributed by atoms with Crippen molar-refractivity contribution in [3.63, 3.8) is 0 Å². The summed E-state index contributed by atoms with van der Waals surface area (Å²) >= 11 is 3.53. The Morgan fingerprint density at radius 1 is 1.00 bits per heavy atom. The van der Waals surface area contributed by atoms with Crippen molar-refractivity contribution in [1.82, 2.24) is 14.8 Å². The molecular weight excluding hydrogens is 326 g/mol. The second-order valence-electron chi connectivity index (χ2n) is 5.86. The highest BCUT2D eigenvalue weighted by molar-refractivity contribution is 9.10. The van der Waals surface area contributed by atoms with Gasteiger partial charge in [-0.05, 0) is 43.7 Å². The fourth-order valence-electron chi connectivity index (χ4n) is 3.10. The molecule has 1 aromatic carbocycles. The summed E-state index contributed by atoms with van der Waals surface area (Å²) in [5.74, 6) is 0. The number of nitrogens with one attached hydrogen (secondary N) is 1. The molecule has 2 heterocycles. The van der Waals surface area contributed by atoms with Crippen molar-refractivity contribution in [2.45, 2.75) is 25.8 Å². The van der Waals surface area contributed by atoms with Gasteiger partial charge in [-0.25, -0.2) is 0 Å². The van der Waals surface area contributed by atoms with E-state index in [1.54, 1.807) is 0 Å². The van der Waals surface area contributed by atoms with Gasteiger partial charge in [-0.1, -0.05) is 22.4 Å². The van der Waals surface area contributed by atoms with Crippen LogP contribution in [0.4, 0.5) is 0 Å². The topological polar surface area (TPSA) is 20.2 Å². The van der Waals surface area contributed by atoms with Gasteiger partial charge < -0.3 is 14.8 Å². The molecule has 3 rings (SSSR count). The normalized spacial score (nSPS) is 16.6. The van der Waals surface area contributed by atoms with Crippen LogP contribution in [-0.4, -0.2) is 42.2 Å². The SMILES string of the molecule is Brc1ccc2c(ccn2CCCCCN2CCNCC2)c1. The fourth-order valence-corrected chi connectivity index (χ4v) is 3.47. The highest BCUT2D eigenvalue weighted by atomic mass is 79.9. The van der Waals surface area contributed by atoms with Gasteiger partial charge in [0.1, 0.15) is 0 Å². The zero-order valence-electron chi connectivity index (χ0n) is 12.5. The Morgan fingerprint density at radius 3 is 2.67 bits per heavy atom. The van der Waals surface area contributed by atoms with Gasteiger partial charge in [0.15, 0.2) is 0 Å². The van der Waals surface area contributed by atoms with E-state index in [2.05, 4.69) is 61.2 Å². The molecule has 1 N–H and O–H groups in total. The van der Waals surface area contributed by atoms with Crippen molar-refractivity contribution in [2.24, 2.45) is 0 Å². The molecule has 1 fully saturated rings. The maximum atomic E-state index is 3.53. The third-order valence-electron chi connectivity index (χ3n) is 4.32. The van der Waals surface area contributed by atoms with Crippen LogP contribution < -0.4 is 5.32 Å². The molecule has 1 aliphatic heterocycles. The van der Waals surface area contributed by atoms with E-state index < -0.39 is 0 Å². The molecule has 4 heteroatoms. The number of aromatic nitrogens is 1. The molecule has 0 saturated carbocycles. The molecule has 0 spiro atoms. The van der Waals surface area contributed by atoms with Crippen LogP contribution in [0.2, 0.25) is 0 Å². The smallest absolute Gasteiger partial charge is 0.0481 e. The number of aryl methyl sites for hydroxylation is 1. The predicted octanol–water partition coefficient (Wildman–Crippen LogP) is 3.48. The van der Waals surface area contributed by atoms with E-state index in [0.29, 0.717) is 0 Å². The number of hydrogen-bond donors (Lipinski definition) is 1. The third-order valence-corrected chi connectivity index (χ3v) is 4.81. The summed E-state index contributed by atoms with van der Waals surface area (Å²) in [6.07, 6.45) is 6.13. The van der Waals surface area contributed by atoms with E-state index in [1.807, 2.05) is 0 Å². The first kappa shape index (κ1) is 15.1. The van der Waals surface area contributed by atoms with Crippen LogP contribution in [-0.2, 0) is 6.54 Å². The Labute approximate surface area is 135 Å². The van der Waals surface area contributed by atoms with Gasteiger partial charge in [-0.15, -0.1) is 0 Å². The third kappa shape index (κ3) is 4.09. The summed E-state index contributed by atoms with van der Waals surface area (Å²) in [5.41, 5.74) is 1.35. The summed E-state index contributed by atoms with van der Waals surface area (Å²) in [4.78, 5) is 2.58. The van der Waals surface area contributed by atoms with E-state index in [9.17, 15) is 0 Å². The van der Waals surface area contributed by atoms with Gasteiger partial charge in [0, 0.05) is 54.3 Å². The number of benzene rings is 1. The molecular formula is C17H24BrN3. The van der Waals surface area contributed by atoms with Gasteiger partial charge in [0.25, 0.3) is 0 Å². The average Bonchev–Trinajstić information content (AvgIpc) is 2.90. The highest BCUT2D eigenvalue weighted by Crippen LogP contribution is 2.21. The quantitative estimate of drug-likeness (QED) is 0.805. The van der Waals surface area contributed by atoms with E-state index >= 15 is 0 Å². The number of unbranched alkanes of at least 4 members (excludes halogenated alkanes) is 2. The van der Waals surface area contributed by atoms with Crippen LogP contribution in [0.1, 0.15) is 19.3 Å². The van der Waals surface area contributed by atoms with Crippen molar-refractivity contribution in [3.05, 3.63) is 34.9 Å². The molecule has 3 nitrogen and oxygen atoms in total. The van der Waals surface area contributed by atoms with E-state index in [0.717, 1.165) is 24.1 Å². The standard InChI is InChI=1S/C17H24BrN3/c18-16-4-5-17-15(14-16)6-11-21(17)10-3-1-2-9-20-12-7-19-8-13-20/h4-6,11,14,19H,1-3,7-10,12-13H2. The van der Waals surface area contributed by atoms with Crippen LogP contribution in [0, 0.1) is 0 Å². The zero-order valence-corrected chi connectivity index (χ0v) is 14.1. The monoisotopic (exact) mass is 349 g/mol. The van der Waals surface area contributed by atoms with Gasteiger partial charge in [-0.3, -0.25) is 0 Å². The molecule has 1 aromatic heterocycles. The van der Waals surface area contributed by atoms with Crippen molar-refractivity contribution < 1.29 is 0 Å². The number of fused-ring (bicyclic) bond motifs is 1. The fraction of sp³-hybridized carbons (Fsp3) is 0.529. The van der Waals surface area contributed by atoms with Crippen molar-refractivity contribution in [1.29, 1.82) is 0 Å². The molecule has 0 unspecified atom stereocenters. The van der Waals surface area contributed by atoms with Crippen LogP contribution >= 0.6 is 15.9 Å². The summed E-state index contributed by atoms with van der Waals surface area (Å²) in [7, 11) is 0. The minimum Gasteiger partial charge on any atom is -0.347 e. The van der Waals surface area contributed by atoms with Crippen molar-refractivity contribution in [3.8, 4) is 0 Å². The van der Waals surface area contributed by atoms with Gasteiger partial charge in [0.05, 0.1) is 0 Å². The number of rotatable bonds is 6. The second kappa shape index (κ2) is 7.43. The Hall–Kier alpha value is -0.840. The maximum absolute atomic E-state index is 3.53. The Morgan fingerprint density at radius 2 is 1.81 bits per heavy atom. The lowest BCUT2D eigenvalue weighted by Gasteiger charge is -2.27. The van der Waals surface area contributed by atoms with Crippen LogP contribution in [0.3, 0.4) is 0 Å². The van der Waals surface area contributed by atoms with E-state index in [1.165, 1.54) is 49.8 Å². The van der Waals surface area contributed by atoms with Crippen molar-refractivity contribution in [2.75, 3.05) is 32.7 Å². The number of halogens is 1. The molecule has 0 amide bonds. The summed E-state index contributed by atoms with van der Waals surface area (Å²) in [5, 5.41) is 4.73. The number of hydrogen-bond acceptors (Lipinski definition) is 2. The zero-order chi connectivity index (χ0) is 14.5. The lowest BCUT2D eigenvalue weighted by molar-refractivity contribution is 0.236. The average molecular weight is 350 g/mol. The lowest BCUT2D eigenvalue weighted by Crippen LogP contribution is -2.43. The molecule has 21 heavy (non-hydrogen) atoms. The molecule has 0 atom stereocenters. The maximum Gasteiger partial charge on any atom is 0.0481 e. The molecule has 0 radical (unpaired) electrons. The van der Waals surface area contributed by atoms with Crippen molar-refractivity contribution >= 4 is 26.8 Å². The van der Waals surface area contributed by atoms with Gasteiger partial charge in [-0.2, -0.15) is 0 Å². The largest absolute Gasteiger partial charge is 0.347 e.